The monoisotopic (exact) mass is 574 g/mol. The lowest BCUT2D eigenvalue weighted by Gasteiger charge is -2.15. The van der Waals surface area contributed by atoms with Crippen LogP contribution in [0.4, 0.5) is 0 Å². The second-order valence-corrected chi connectivity index (χ2v) is 11.6. The Morgan fingerprint density at radius 3 is 2.21 bits per heavy atom. The van der Waals surface area contributed by atoms with E-state index in [1.807, 2.05) is 60.7 Å². The highest BCUT2D eigenvalue weighted by Gasteiger charge is 2.33. The molecule has 1 fully saturated rings. The van der Waals surface area contributed by atoms with Gasteiger partial charge in [-0.05, 0) is 70.9 Å². The van der Waals surface area contributed by atoms with Gasteiger partial charge in [0.2, 0.25) is 0 Å². The van der Waals surface area contributed by atoms with Crippen molar-refractivity contribution in [1.82, 2.24) is 4.90 Å². The van der Waals surface area contributed by atoms with Gasteiger partial charge in [0.15, 0.2) is 5.17 Å². The number of nitrogens with zero attached hydrogens (tertiary/aromatic N) is 2. The van der Waals surface area contributed by atoms with E-state index >= 15 is 0 Å². The number of hydrogen-bond donors (Lipinski definition) is 0. The topological polar surface area (TPSA) is 76.0 Å². The minimum absolute atomic E-state index is 0.00647. The molecular formula is C30H23ClN2O4S2. The second-order valence-electron chi connectivity index (χ2n) is 8.64. The summed E-state index contributed by atoms with van der Waals surface area (Å²) in [5.41, 5.74) is 2.66. The maximum atomic E-state index is 13.5. The third-order valence-corrected chi connectivity index (χ3v) is 8.33. The number of rotatable bonds is 8. The van der Waals surface area contributed by atoms with Gasteiger partial charge >= 0.3 is 10.1 Å². The van der Waals surface area contributed by atoms with Crippen LogP contribution >= 0.6 is 23.4 Å². The van der Waals surface area contributed by atoms with Crippen LogP contribution in [0, 0.1) is 0 Å². The Labute approximate surface area is 236 Å². The first-order chi connectivity index (χ1) is 18.9. The maximum absolute atomic E-state index is 13.5. The van der Waals surface area contributed by atoms with Gasteiger partial charge in [-0.25, -0.2) is 0 Å². The minimum atomic E-state index is -4.05. The molecule has 0 aromatic heterocycles. The SMILES string of the molecule is O=C1/C(=C/c2cccc(OS(=O)(=O)c3ccc(Cl)cc3)c2)SC(=NCc2ccccc2)N1Cc1ccccc1. The Morgan fingerprint density at radius 2 is 1.51 bits per heavy atom. The van der Waals surface area contributed by atoms with Gasteiger partial charge in [-0.2, -0.15) is 8.42 Å². The number of amides is 1. The van der Waals surface area contributed by atoms with Crippen LogP contribution in [0.3, 0.4) is 0 Å². The number of carbonyl (C=O) groups is 1. The molecule has 0 atom stereocenters. The second kappa shape index (κ2) is 11.9. The van der Waals surface area contributed by atoms with E-state index in [1.165, 1.54) is 36.0 Å². The summed E-state index contributed by atoms with van der Waals surface area (Å²) in [7, 11) is -4.05. The summed E-state index contributed by atoms with van der Waals surface area (Å²) in [5.74, 6) is -0.0374. The zero-order chi connectivity index (χ0) is 27.2. The van der Waals surface area contributed by atoms with Gasteiger partial charge < -0.3 is 4.18 Å². The van der Waals surface area contributed by atoms with E-state index in [0.29, 0.717) is 33.7 Å². The third kappa shape index (κ3) is 6.78. The zero-order valence-corrected chi connectivity index (χ0v) is 23.0. The smallest absolute Gasteiger partial charge is 0.339 e. The molecular weight excluding hydrogens is 552 g/mol. The number of thioether (sulfide) groups is 1. The van der Waals surface area contributed by atoms with E-state index in [4.69, 9.17) is 20.8 Å². The molecule has 0 N–H and O–H groups in total. The summed E-state index contributed by atoms with van der Waals surface area (Å²) < 4.78 is 30.8. The van der Waals surface area contributed by atoms with Crippen LogP contribution in [0.5, 0.6) is 5.75 Å². The molecule has 0 bridgehead atoms. The summed E-state index contributed by atoms with van der Waals surface area (Å²) in [4.78, 5) is 20.4. The first-order valence-electron chi connectivity index (χ1n) is 12.0. The summed E-state index contributed by atoms with van der Waals surface area (Å²) in [5, 5.41) is 1.03. The zero-order valence-electron chi connectivity index (χ0n) is 20.6. The molecule has 0 aliphatic carbocycles. The van der Waals surface area contributed by atoms with E-state index < -0.39 is 10.1 Å². The Morgan fingerprint density at radius 1 is 0.846 bits per heavy atom. The molecule has 0 spiro atoms. The largest absolute Gasteiger partial charge is 0.379 e. The van der Waals surface area contributed by atoms with Crippen LogP contribution in [0.2, 0.25) is 5.02 Å². The predicted molar refractivity (Wildman–Crippen MR) is 156 cm³/mol. The molecule has 5 rings (SSSR count). The van der Waals surface area contributed by atoms with Crippen molar-refractivity contribution in [3.8, 4) is 5.75 Å². The molecule has 9 heteroatoms. The van der Waals surface area contributed by atoms with E-state index in [2.05, 4.69) is 0 Å². The Hall–Kier alpha value is -3.85. The molecule has 1 aliphatic heterocycles. The van der Waals surface area contributed by atoms with Crippen molar-refractivity contribution in [2.75, 3.05) is 0 Å². The lowest BCUT2D eigenvalue weighted by molar-refractivity contribution is -0.122. The quantitative estimate of drug-likeness (QED) is 0.171. The van der Waals surface area contributed by atoms with Crippen LogP contribution < -0.4 is 4.18 Å². The molecule has 196 valence electrons. The summed E-state index contributed by atoms with van der Waals surface area (Å²) in [6.07, 6.45) is 1.72. The van der Waals surface area contributed by atoms with Gasteiger partial charge in [0.05, 0.1) is 18.0 Å². The van der Waals surface area contributed by atoms with Gasteiger partial charge in [-0.1, -0.05) is 84.4 Å². The van der Waals surface area contributed by atoms with E-state index in [-0.39, 0.29) is 16.6 Å². The number of halogens is 1. The van der Waals surface area contributed by atoms with Crippen molar-refractivity contribution >= 4 is 50.6 Å². The van der Waals surface area contributed by atoms with Crippen LogP contribution in [-0.4, -0.2) is 24.4 Å². The normalized spacial score (nSPS) is 15.7. The molecule has 1 amide bonds. The molecule has 0 saturated carbocycles. The van der Waals surface area contributed by atoms with E-state index in [0.717, 1.165) is 11.1 Å². The fraction of sp³-hybridized carbons (Fsp3) is 0.0667. The van der Waals surface area contributed by atoms with Gasteiger partial charge in [0.25, 0.3) is 5.91 Å². The summed E-state index contributed by atoms with van der Waals surface area (Å²) in [6.45, 7) is 0.834. The Bertz CT molecular complexity index is 1640. The van der Waals surface area contributed by atoms with Crippen molar-refractivity contribution in [2.24, 2.45) is 4.99 Å². The molecule has 0 radical (unpaired) electrons. The standard InChI is InChI=1S/C30H23ClN2O4S2/c31-25-14-16-27(17-15-25)39(35,36)37-26-13-7-12-24(18-26)19-28-29(34)33(21-23-10-5-2-6-11-23)30(38-28)32-20-22-8-3-1-4-9-22/h1-19H,20-21H2/b28-19-,32-30?. The molecule has 0 unspecified atom stereocenters. The van der Waals surface area contributed by atoms with Crippen LogP contribution in [0.15, 0.2) is 124 Å². The molecule has 1 aliphatic rings. The van der Waals surface area contributed by atoms with E-state index in [1.54, 1.807) is 35.2 Å². The van der Waals surface area contributed by atoms with Crippen molar-refractivity contribution in [3.05, 3.63) is 136 Å². The van der Waals surface area contributed by atoms with Crippen LogP contribution in [0.25, 0.3) is 6.08 Å². The Kier molecular flexibility index (Phi) is 8.16. The predicted octanol–water partition coefficient (Wildman–Crippen LogP) is 6.78. The number of hydrogen-bond acceptors (Lipinski definition) is 6. The molecule has 1 heterocycles. The molecule has 6 nitrogen and oxygen atoms in total. The van der Waals surface area contributed by atoms with Crippen molar-refractivity contribution in [3.63, 3.8) is 0 Å². The molecule has 1 saturated heterocycles. The lowest BCUT2D eigenvalue weighted by atomic mass is 10.2. The first-order valence-corrected chi connectivity index (χ1v) is 14.6. The minimum Gasteiger partial charge on any atom is -0.379 e. The van der Waals surface area contributed by atoms with Crippen LogP contribution in [0.1, 0.15) is 16.7 Å². The van der Waals surface area contributed by atoms with Crippen LogP contribution in [-0.2, 0) is 28.0 Å². The highest BCUT2D eigenvalue weighted by Crippen LogP contribution is 2.34. The average Bonchev–Trinajstić information content (AvgIpc) is 3.22. The summed E-state index contributed by atoms with van der Waals surface area (Å²) >= 11 is 7.16. The van der Waals surface area contributed by atoms with Crippen molar-refractivity contribution in [2.45, 2.75) is 18.0 Å². The van der Waals surface area contributed by atoms with E-state index in [9.17, 15) is 13.2 Å². The highest BCUT2D eigenvalue weighted by molar-refractivity contribution is 8.18. The number of aliphatic imine (C=N–C) groups is 1. The lowest BCUT2D eigenvalue weighted by Crippen LogP contribution is -2.28. The first kappa shape index (κ1) is 26.7. The van der Waals surface area contributed by atoms with Crippen molar-refractivity contribution < 1.29 is 17.4 Å². The average molecular weight is 575 g/mol. The van der Waals surface area contributed by atoms with Crippen molar-refractivity contribution in [1.29, 1.82) is 0 Å². The fourth-order valence-electron chi connectivity index (χ4n) is 3.86. The maximum Gasteiger partial charge on any atom is 0.339 e. The number of carbonyl (C=O) groups excluding carboxylic acids is 1. The molecule has 39 heavy (non-hydrogen) atoms. The van der Waals surface area contributed by atoms with Gasteiger partial charge in [-0.15, -0.1) is 0 Å². The highest BCUT2D eigenvalue weighted by atomic mass is 35.5. The third-order valence-electron chi connectivity index (χ3n) is 5.78. The fourth-order valence-corrected chi connectivity index (χ4v) is 5.88. The van der Waals surface area contributed by atoms with Gasteiger partial charge in [0.1, 0.15) is 10.6 Å². The number of benzene rings is 4. The Balaban J connectivity index is 1.40. The molecule has 4 aromatic carbocycles. The number of amidine groups is 1. The molecule has 4 aromatic rings. The summed E-state index contributed by atoms with van der Waals surface area (Å²) in [6, 6.07) is 31.9. The van der Waals surface area contributed by atoms with Gasteiger partial charge in [0, 0.05) is 5.02 Å². The van der Waals surface area contributed by atoms with Gasteiger partial charge in [-0.3, -0.25) is 14.7 Å².